The summed E-state index contributed by atoms with van der Waals surface area (Å²) in [6.45, 7) is 2.78. The molecule has 126 valence electrons. The largest absolute Gasteiger partial charge is 0.341 e. The van der Waals surface area contributed by atoms with Gasteiger partial charge in [0.15, 0.2) is 0 Å². The van der Waals surface area contributed by atoms with Crippen molar-refractivity contribution in [3.8, 4) is 11.3 Å². The maximum atomic E-state index is 12.8. The summed E-state index contributed by atoms with van der Waals surface area (Å²) in [6.07, 6.45) is 6.46. The van der Waals surface area contributed by atoms with E-state index in [0.717, 1.165) is 23.5 Å². The number of rotatable bonds is 4. The highest BCUT2D eigenvalue weighted by Crippen LogP contribution is 2.25. The van der Waals surface area contributed by atoms with Crippen LogP contribution in [0.3, 0.4) is 0 Å². The number of amides is 1. The summed E-state index contributed by atoms with van der Waals surface area (Å²) >= 11 is 0. The number of aromatic nitrogens is 1. The minimum Gasteiger partial charge on any atom is -0.341 e. The molecule has 3 rings (SSSR count). The molecule has 0 saturated heterocycles. The van der Waals surface area contributed by atoms with E-state index in [0.29, 0.717) is 11.5 Å². The fourth-order valence-electron chi connectivity index (χ4n) is 3.60. The molecule has 1 amide bonds. The summed E-state index contributed by atoms with van der Waals surface area (Å²) in [7, 11) is 1.92. The Balaban J connectivity index is 1.72. The van der Waals surface area contributed by atoms with Crippen molar-refractivity contribution in [1.82, 2.24) is 9.88 Å². The molecule has 24 heavy (non-hydrogen) atoms. The Morgan fingerprint density at radius 2 is 1.79 bits per heavy atom. The summed E-state index contributed by atoms with van der Waals surface area (Å²) in [5.41, 5.74) is 3.51. The van der Waals surface area contributed by atoms with Crippen molar-refractivity contribution in [2.24, 2.45) is 5.92 Å². The van der Waals surface area contributed by atoms with Crippen LogP contribution in [0.1, 0.15) is 48.2 Å². The SMILES string of the molecule is Cc1nc(-c2ccccc2)ccc1C(=O)N(C)CC1CCCCC1. The standard InChI is InChI=1S/C21H26N2O/c1-16-19(13-14-20(22-16)18-11-7-4-8-12-18)21(24)23(2)15-17-9-5-3-6-10-17/h4,7-8,11-14,17H,3,5-6,9-10,15H2,1-2H3. The smallest absolute Gasteiger partial charge is 0.255 e. The second-order valence-electron chi connectivity index (χ2n) is 6.89. The Kier molecular flexibility index (Phi) is 5.29. The van der Waals surface area contributed by atoms with Gasteiger partial charge in [-0.05, 0) is 37.8 Å². The van der Waals surface area contributed by atoms with Crippen LogP contribution in [0.15, 0.2) is 42.5 Å². The Morgan fingerprint density at radius 1 is 1.08 bits per heavy atom. The van der Waals surface area contributed by atoms with Gasteiger partial charge in [-0.1, -0.05) is 49.6 Å². The highest BCUT2D eigenvalue weighted by molar-refractivity contribution is 5.95. The molecule has 1 heterocycles. The molecule has 0 spiro atoms. The molecule has 1 saturated carbocycles. The molecule has 0 atom stereocenters. The number of nitrogens with zero attached hydrogens (tertiary/aromatic N) is 2. The topological polar surface area (TPSA) is 33.2 Å². The summed E-state index contributed by atoms with van der Waals surface area (Å²) in [4.78, 5) is 19.3. The van der Waals surface area contributed by atoms with Crippen molar-refractivity contribution in [3.05, 3.63) is 53.7 Å². The summed E-state index contributed by atoms with van der Waals surface area (Å²) in [6, 6.07) is 14.0. The van der Waals surface area contributed by atoms with E-state index >= 15 is 0 Å². The maximum absolute atomic E-state index is 12.8. The zero-order valence-corrected chi connectivity index (χ0v) is 14.7. The van der Waals surface area contributed by atoms with Crippen LogP contribution in [0.4, 0.5) is 0 Å². The van der Waals surface area contributed by atoms with Gasteiger partial charge in [0.2, 0.25) is 0 Å². The number of hydrogen-bond acceptors (Lipinski definition) is 2. The second-order valence-corrected chi connectivity index (χ2v) is 6.89. The van der Waals surface area contributed by atoms with Crippen LogP contribution in [0.25, 0.3) is 11.3 Å². The molecular weight excluding hydrogens is 296 g/mol. The van der Waals surface area contributed by atoms with E-state index in [1.165, 1.54) is 32.1 Å². The molecule has 0 radical (unpaired) electrons. The van der Waals surface area contributed by atoms with Gasteiger partial charge >= 0.3 is 0 Å². The molecule has 1 aliphatic rings. The third kappa shape index (κ3) is 3.84. The van der Waals surface area contributed by atoms with Gasteiger partial charge in [0.25, 0.3) is 5.91 Å². The van der Waals surface area contributed by atoms with Crippen LogP contribution in [0.2, 0.25) is 0 Å². The first-order chi connectivity index (χ1) is 11.6. The predicted molar refractivity (Wildman–Crippen MR) is 97.9 cm³/mol. The Bertz CT molecular complexity index is 690. The summed E-state index contributed by atoms with van der Waals surface area (Å²) < 4.78 is 0. The van der Waals surface area contributed by atoms with Crippen LogP contribution in [0.5, 0.6) is 0 Å². The zero-order valence-electron chi connectivity index (χ0n) is 14.7. The minimum absolute atomic E-state index is 0.0881. The number of hydrogen-bond donors (Lipinski definition) is 0. The van der Waals surface area contributed by atoms with E-state index in [4.69, 9.17) is 0 Å². The number of aryl methyl sites for hydroxylation is 1. The zero-order chi connectivity index (χ0) is 16.9. The quantitative estimate of drug-likeness (QED) is 0.817. The van der Waals surface area contributed by atoms with Crippen LogP contribution in [0, 0.1) is 12.8 Å². The van der Waals surface area contributed by atoms with Crippen molar-refractivity contribution >= 4 is 5.91 Å². The first-order valence-corrected chi connectivity index (χ1v) is 8.93. The lowest BCUT2D eigenvalue weighted by atomic mass is 9.89. The maximum Gasteiger partial charge on any atom is 0.255 e. The lowest BCUT2D eigenvalue weighted by Gasteiger charge is -2.27. The van der Waals surface area contributed by atoms with Gasteiger partial charge in [-0.2, -0.15) is 0 Å². The van der Waals surface area contributed by atoms with Gasteiger partial charge in [-0.3, -0.25) is 9.78 Å². The molecule has 1 aromatic heterocycles. The van der Waals surface area contributed by atoms with E-state index < -0.39 is 0 Å². The normalized spacial score (nSPS) is 15.2. The molecule has 1 fully saturated rings. The average molecular weight is 322 g/mol. The third-order valence-electron chi connectivity index (χ3n) is 4.99. The highest BCUT2D eigenvalue weighted by atomic mass is 16.2. The second kappa shape index (κ2) is 7.61. The first kappa shape index (κ1) is 16.7. The fraction of sp³-hybridized carbons (Fsp3) is 0.429. The minimum atomic E-state index is 0.0881. The predicted octanol–water partition coefficient (Wildman–Crippen LogP) is 4.71. The van der Waals surface area contributed by atoms with Crippen molar-refractivity contribution in [1.29, 1.82) is 0 Å². The highest BCUT2D eigenvalue weighted by Gasteiger charge is 2.20. The number of carbonyl (C=O) groups is 1. The lowest BCUT2D eigenvalue weighted by molar-refractivity contribution is 0.0759. The van der Waals surface area contributed by atoms with E-state index in [2.05, 4.69) is 4.98 Å². The monoisotopic (exact) mass is 322 g/mol. The van der Waals surface area contributed by atoms with Crippen molar-refractivity contribution in [2.75, 3.05) is 13.6 Å². The van der Waals surface area contributed by atoms with Crippen molar-refractivity contribution in [3.63, 3.8) is 0 Å². The van der Waals surface area contributed by atoms with Crippen LogP contribution >= 0.6 is 0 Å². The van der Waals surface area contributed by atoms with Gasteiger partial charge in [-0.15, -0.1) is 0 Å². The molecule has 1 aliphatic carbocycles. The van der Waals surface area contributed by atoms with Gasteiger partial charge in [0.05, 0.1) is 17.0 Å². The molecule has 3 nitrogen and oxygen atoms in total. The molecular formula is C21H26N2O. The average Bonchev–Trinajstić information content (AvgIpc) is 2.62. The lowest BCUT2D eigenvalue weighted by Crippen LogP contribution is -2.33. The van der Waals surface area contributed by atoms with Crippen LogP contribution in [-0.2, 0) is 0 Å². The third-order valence-corrected chi connectivity index (χ3v) is 4.99. The van der Waals surface area contributed by atoms with E-state index in [9.17, 15) is 4.79 Å². The number of benzene rings is 1. The number of pyridine rings is 1. The Labute approximate surface area is 144 Å². The molecule has 1 aromatic carbocycles. The Morgan fingerprint density at radius 3 is 2.46 bits per heavy atom. The van der Waals surface area contributed by atoms with Gasteiger partial charge in [0, 0.05) is 19.2 Å². The van der Waals surface area contributed by atoms with Gasteiger partial charge in [-0.25, -0.2) is 0 Å². The fourth-order valence-corrected chi connectivity index (χ4v) is 3.60. The number of carbonyl (C=O) groups excluding carboxylic acids is 1. The van der Waals surface area contributed by atoms with Gasteiger partial charge < -0.3 is 4.90 Å². The molecule has 2 aromatic rings. The van der Waals surface area contributed by atoms with Gasteiger partial charge in [0.1, 0.15) is 0 Å². The summed E-state index contributed by atoms with van der Waals surface area (Å²) in [5.74, 6) is 0.745. The Hall–Kier alpha value is -2.16. The van der Waals surface area contributed by atoms with Crippen LogP contribution in [-0.4, -0.2) is 29.4 Å². The first-order valence-electron chi connectivity index (χ1n) is 8.93. The van der Waals surface area contributed by atoms with E-state index in [1.807, 2.05) is 61.3 Å². The van der Waals surface area contributed by atoms with Crippen molar-refractivity contribution < 1.29 is 4.79 Å². The molecule has 0 N–H and O–H groups in total. The molecule has 3 heteroatoms. The molecule has 0 bridgehead atoms. The molecule has 0 aliphatic heterocycles. The van der Waals surface area contributed by atoms with Crippen LogP contribution < -0.4 is 0 Å². The van der Waals surface area contributed by atoms with E-state index in [-0.39, 0.29) is 5.91 Å². The van der Waals surface area contributed by atoms with Crippen molar-refractivity contribution in [2.45, 2.75) is 39.0 Å². The molecule has 0 unspecified atom stereocenters. The van der Waals surface area contributed by atoms with E-state index in [1.54, 1.807) is 0 Å². The summed E-state index contributed by atoms with van der Waals surface area (Å²) in [5, 5.41) is 0.